The van der Waals surface area contributed by atoms with E-state index in [2.05, 4.69) is 60.8 Å². The van der Waals surface area contributed by atoms with Gasteiger partial charge in [0.25, 0.3) is 0 Å². The van der Waals surface area contributed by atoms with Crippen LogP contribution >= 0.6 is 0 Å². The standard InChI is InChI=1S/C21H34N4O/c1-4-7-17(11-13-26)14-25-21(22-5-2)23-12-10-18-15-24-20-16(3)8-6-9-19(18)20/h6,8-9,15,17,24,26H,4-5,7,10-14H2,1-3H3,(H2,22,23,25). The molecule has 26 heavy (non-hydrogen) atoms. The first-order valence-electron chi connectivity index (χ1n) is 9.88. The fourth-order valence-corrected chi connectivity index (χ4v) is 3.37. The quantitative estimate of drug-likeness (QED) is 0.389. The maximum absolute atomic E-state index is 9.20. The average molecular weight is 359 g/mol. The van der Waals surface area contributed by atoms with Crippen LogP contribution in [0.3, 0.4) is 0 Å². The Morgan fingerprint density at radius 3 is 2.81 bits per heavy atom. The van der Waals surface area contributed by atoms with Crippen molar-refractivity contribution in [3.8, 4) is 0 Å². The highest BCUT2D eigenvalue weighted by Crippen LogP contribution is 2.21. The van der Waals surface area contributed by atoms with Crippen molar-refractivity contribution in [1.29, 1.82) is 0 Å². The number of nitrogens with zero attached hydrogens (tertiary/aromatic N) is 1. The zero-order valence-electron chi connectivity index (χ0n) is 16.4. The van der Waals surface area contributed by atoms with Crippen molar-refractivity contribution in [3.05, 3.63) is 35.5 Å². The Morgan fingerprint density at radius 2 is 2.08 bits per heavy atom. The van der Waals surface area contributed by atoms with Gasteiger partial charge in [0.05, 0.1) is 0 Å². The van der Waals surface area contributed by atoms with Gasteiger partial charge in [0.2, 0.25) is 0 Å². The number of guanidine groups is 1. The molecule has 2 aromatic rings. The number of hydrogen-bond donors (Lipinski definition) is 4. The zero-order valence-corrected chi connectivity index (χ0v) is 16.4. The molecule has 0 amide bonds. The van der Waals surface area contributed by atoms with E-state index in [4.69, 9.17) is 4.99 Å². The van der Waals surface area contributed by atoms with Gasteiger partial charge in [-0.25, -0.2) is 0 Å². The molecule has 1 unspecified atom stereocenters. The number of H-pyrrole nitrogens is 1. The summed E-state index contributed by atoms with van der Waals surface area (Å²) < 4.78 is 0. The number of aromatic amines is 1. The van der Waals surface area contributed by atoms with Crippen LogP contribution in [-0.2, 0) is 6.42 Å². The Kier molecular flexibility index (Phi) is 8.48. The summed E-state index contributed by atoms with van der Waals surface area (Å²) in [7, 11) is 0. The molecule has 0 spiro atoms. The van der Waals surface area contributed by atoms with Crippen molar-refractivity contribution in [2.24, 2.45) is 10.9 Å². The van der Waals surface area contributed by atoms with E-state index in [1.165, 1.54) is 22.0 Å². The fourth-order valence-electron chi connectivity index (χ4n) is 3.37. The summed E-state index contributed by atoms with van der Waals surface area (Å²) >= 11 is 0. The topological polar surface area (TPSA) is 72.4 Å². The zero-order chi connectivity index (χ0) is 18.8. The molecule has 144 valence electrons. The Labute approximate surface area is 157 Å². The molecule has 1 heterocycles. The number of para-hydroxylation sites is 1. The second-order valence-electron chi connectivity index (χ2n) is 6.87. The van der Waals surface area contributed by atoms with Crippen molar-refractivity contribution in [1.82, 2.24) is 15.6 Å². The summed E-state index contributed by atoms with van der Waals surface area (Å²) in [6.45, 7) is 9.08. The number of hydrogen-bond acceptors (Lipinski definition) is 2. The molecule has 1 atom stereocenters. The van der Waals surface area contributed by atoms with E-state index < -0.39 is 0 Å². The summed E-state index contributed by atoms with van der Waals surface area (Å²) in [6.07, 6.45) is 6.12. The van der Waals surface area contributed by atoms with Crippen molar-refractivity contribution < 1.29 is 5.11 Å². The van der Waals surface area contributed by atoms with Crippen LogP contribution in [0.15, 0.2) is 29.4 Å². The second kappa shape index (κ2) is 10.9. The SMILES string of the molecule is CCCC(CCO)CN=C(NCC)NCCc1c[nH]c2c(C)cccc12. The van der Waals surface area contributed by atoms with E-state index in [1.54, 1.807) is 0 Å². The Bertz CT molecular complexity index is 686. The largest absolute Gasteiger partial charge is 0.396 e. The highest BCUT2D eigenvalue weighted by molar-refractivity contribution is 5.86. The molecule has 0 aliphatic heterocycles. The van der Waals surface area contributed by atoms with Crippen molar-refractivity contribution in [2.45, 2.75) is 46.5 Å². The third-order valence-corrected chi connectivity index (χ3v) is 4.78. The molecule has 0 radical (unpaired) electrons. The number of aliphatic hydroxyl groups is 1. The van der Waals surface area contributed by atoms with E-state index in [-0.39, 0.29) is 6.61 Å². The van der Waals surface area contributed by atoms with Gasteiger partial charge < -0.3 is 20.7 Å². The van der Waals surface area contributed by atoms with Gasteiger partial charge in [-0.1, -0.05) is 31.5 Å². The molecule has 0 aliphatic carbocycles. The lowest BCUT2D eigenvalue weighted by molar-refractivity contribution is 0.253. The number of benzene rings is 1. The first kappa shape index (κ1) is 20.3. The van der Waals surface area contributed by atoms with Gasteiger partial charge in [-0.15, -0.1) is 0 Å². The van der Waals surface area contributed by atoms with E-state index in [0.717, 1.165) is 51.3 Å². The Morgan fingerprint density at radius 1 is 1.23 bits per heavy atom. The third-order valence-electron chi connectivity index (χ3n) is 4.78. The van der Waals surface area contributed by atoms with Crippen molar-refractivity contribution >= 4 is 16.9 Å². The van der Waals surface area contributed by atoms with Crippen LogP contribution in [0, 0.1) is 12.8 Å². The molecule has 5 nitrogen and oxygen atoms in total. The molecular formula is C21H34N4O. The third kappa shape index (κ3) is 5.77. The maximum atomic E-state index is 9.20. The number of rotatable bonds is 10. The number of aryl methyl sites for hydroxylation is 1. The molecule has 2 rings (SSSR count). The van der Waals surface area contributed by atoms with Crippen LogP contribution in [0.4, 0.5) is 0 Å². The van der Waals surface area contributed by atoms with Gasteiger partial charge in [0.15, 0.2) is 5.96 Å². The van der Waals surface area contributed by atoms with Crippen LogP contribution in [0.5, 0.6) is 0 Å². The Hall–Kier alpha value is -2.01. The van der Waals surface area contributed by atoms with Crippen molar-refractivity contribution in [2.75, 3.05) is 26.2 Å². The van der Waals surface area contributed by atoms with Crippen LogP contribution in [0.25, 0.3) is 10.9 Å². The first-order valence-corrected chi connectivity index (χ1v) is 9.88. The Balaban J connectivity index is 1.92. The van der Waals surface area contributed by atoms with E-state index in [0.29, 0.717) is 5.92 Å². The fraction of sp³-hybridized carbons (Fsp3) is 0.571. The van der Waals surface area contributed by atoms with Gasteiger partial charge in [0, 0.05) is 43.3 Å². The van der Waals surface area contributed by atoms with Crippen LogP contribution in [0.2, 0.25) is 0 Å². The summed E-state index contributed by atoms with van der Waals surface area (Å²) in [4.78, 5) is 8.11. The molecule has 0 saturated heterocycles. The smallest absolute Gasteiger partial charge is 0.191 e. The highest BCUT2D eigenvalue weighted by Gasteiger charge is 2.08. The number of fused-ring (bicyclic) bond motifs is 1. The van der Waals surface area contributed by atoms with Gasteiger partial charge in [0.1, 0.15) is 0 Å². The van der Waals surface area contributed by atoms with Crippen molar-refractivity contribution in [3.63, 3.8) is 0 Å². The molecule has 0 saturated carbocycles. The predicted octanol–water partition coefficient (Wildman–Crippen LogP) is 3.37. The molecule has 4 N–H and O–H groups in total. The van der Waals surface area contributed by atoms with E-state index in [1.807, 2.05) is 0 Å². The number of nitrogens with one attached hydrogen (secondary N) is 3. The molecular weight excluding hydrogens is 324 g/mol. The van der Waals surface area contributed by atoms with Gasteiger partial charge in [-0.2, -0.15) is 0 Å². The number of aromatic nitrogens is 1. The van der Waals surface area contributed by atoms with Gasteiger partial charge in [-0.05, 0) is 50.2 Å². The minimum absolute atomic E-state index is 0.240. The highest BCUT2D eigenvalue weighted by atomic mass is 16.3. The molecule has 0 aliphatic rings. The maximum Gasteiger partial charge on any atom is 0.191 e. The van der Waals surface area contributed by atoms with Gasteiger partial charge >= 0.3 is 0 Å². The monoisotopic (exact) mass is 358 g/mol. The van der Waals surface area contributed by atoms with Crippen LogP contribution in [0.1, 0.15) is 44.2 Å². The van der Waals surface area contributed by atoms with E-state index >= 15 is 0 Å². The minimum Gasteiger partial charge on any atom is -0.396 e. The molecule has 1 aromatic heterocycles. The lowest BCUT2D eigenvalue weighted by Crippen LogP contribution is -2.38. The summed E-state index contributed by atoms with van der Waals surface area (Å²) in [5, 5.41) is 17.3. The molecule has 1 aromatic carbocycles. The minimum atomic E-state index is 0.240. The van der Waals surface area contributed by atoms with E-state index in [9.17, 15) is 5.11 Å². The molecule has 0 bridgehead atoms. The lowest BCUT2D eigenvalue weighted by atomic mass is 10.0. The average Bonchev–Trinajstić information content (AvgIpc) is 3.04. The lowest BCUT2D eigenvalue weighted by Gasteiger charge is -2.15. The normalized spacial score (nSPS) is 13.2. The van der Waals surface area contributed by atoms with Gasteiger partial charge in [-0.3, -0.25) is 4.99 Å². The summed E-state index contributed by atoms with van der Waals surface area (Å²) in [5.41, 5.74) is 3.84. The molecule has 5 heteroatoms. The first-order chi connectivity index (χ1) is 12.7. The molecule has 0 fully saturated rings. The summed E-state index contributed by atoms with van der Waals surface area (Å²) in [5.74, 6) is 1.32. The van der Waals surface area contributed by atoms with Crippen LogP contribution in [-0.4, -0.2) is 42.3 Å². The summed E-state index contributed by atoms with van der Waals surface area (Å²) in [6, 6.07) is 6.43. The second-order valence-corrected chi connectivity index (χ2v) is 6.87. The number of aliphatic hydroxyl groups excluding tert-OH is 1. The predicted molar refractivity (Wildman–Crippen MR) is 111 cm³/mol. The number of aliphatic imine (C=N–C) groups is 1. The van der Waals surface area contributed by atoms with Crippen LogP contribution < -0.4 is 10.6 Å².